The zero-order valence-electron chi connectivity index (χ0n) is 46.3. The Labute approximate surface area is 447 Å². The van der Waals surface area contributed by atoms with Gasteiger partial charge in [-0.15, -0.1) is 0 Å². The summed E-state index contributed by atoms with van der Waals surface area (Å²) in [5.74, 6) is -0.898. The van der Waals surface area contributed by atoms with Crippen molar-refractivity contribution in [3.05, 3.63) is 122 Å². The fourth-order valence-electron chi connectivity index (χ4n) is 7.64. The number of esters is 2. The second kappa shape index (κ2) is 57.7. The average molecular weight is 1040 g/mol. The molecule has 0 radical (unpaired) electrons. The third-order valence-corrected chi connectivity index (χ3v) is 12.8. The molecule has 0 rings (SSSR count). The number of ether oxygens (including phenoxy) is 2. The lowest BCUT2D eigenvalue weighted by Crippen LogP contribution is -2.29. The van der Waals surface area contributed by atoms with E-state index >= 15 is 0 Å². The van der Waals surface area contributed by atoms with Crippen molar-refractivity contribution in [3.63, 3.8) is 0 Å². The smallest absolute Gasteiger partial charge is 0.462 e. The monoisotopic (exact) mass is 1040 g/mol. The number of rotatable bonds is 53. The van der Waals surface area contributed by atoms with Gasteiger partial charge >= 0.3 is 19.8 Å². The Morgan fingerprint density at radius 3 is 1.10 bits per heavy atom. The van der Waals surface area contributed by atoms with E-state index in [1.807, 2.05) is 6.08 Å². The van der Waals surface area contributed by atoms with Crippen molar-refractivity contribution in [2.24, 2.45) is 5.73 Å². The van der Waals surface area contributed by atoms with Gasteiger partial charge in [-0.05, 0) is 96.3 Å². The van der Waals surface area contributed by atoms with Crippen LogP contribution in [0.15, 0.2) is 122 Å². The van der Waals surface area contributed by atoms with E-state index in [1.54, 1.807) is 0 Å². The topological polar surface area (TPSA) is 134 Å². The number of hydrogen-bond donors (Lipinski definition) is 2. The van der Waals surface area contributed by atoms with Gasteiger partial charge in [-0.1, -0.05) is 245 Å². The van der Waals surface area contributed by atoms with Crippen LogP contribution in [0.5, 0.6) is 0 Å². The second-order valence-corrected chi connectivity index (χ2v) is 20.2. The Morgan fingerprint density at radius 2 is 0.726 bits per heavy atom. The van der Waals surface area contributed by atoms with Crippen LogP contribution >= 0.6 is 7.82 Å². The molecule has 0 spiro atoms. The first-order valence-electron chi connectivity index (χ1n) is 29.0. The van der Waals surface area contributed by atoms with Gasteiger partial charge in [0.05, 0.1) is 13.2 Å². The summed E-state index contributed by atoms with van der Waals surface area (Å²) in [5.41, 5.74) is 5.37. The van der Waals surface area contributed by atoms with Crippen LogP contribution in [0.3, 0.4) is 0 Å². The van der Waals surface area contributed by atoms with E-state index in [4.69, 9.17) is 24.3 Å². The molecule has 0 aliphatic rings. The average Bonchev–Trinajstić information content (AvgIpc) is 3.38. The molecule has 10 heteroatoms. The summed E-state index contributed by atoms with van der Waals surface area (Å²) in [7, 11) is -4.40. The number of carbonyl (C=O) groups is 2. The summed E-state index contributed by atoms with van der Waals surface area (Å²) in [4.78, 5) is 35.1. The molecule has 0 aliphatic heterocycles. The van der Waals surface area contributed by atoms with Gasteiger partial charge in [-0.3, -0.25) is 18.6 Å². The second-order valence-electron chi connectivity index (χ2n) is 18.7. The lowest BCUT2D eigenvalue weighted by Gasteiger charge is -2.19. The molecule has 0 fully saturated rings. The molecule has 0 saturated carbocycles. The highest BCUT2D eigenvalue weighted by molar-refractivity contribution is 7.47. The molecule has 0 bridgehead atoms. The first-order valence-corrected chi connectivity index (χ1v) is 30.5. The molecule has 0 heterocycles. The number of allylic oxidation sites excluding steroid dienone is 20. The fraction of sp³-hybridized carbons (Fsp3) is 0.651. The predicted molar refractivity (Wildman–Crippen MR) is 311 cm³/mol. The zero-order chi connectivity index (χ0) is 53.1. The Kier molecular flexibility index (Phi) is 54.8. The lowest BCUT2D eigenvalue weighted by molar-refractivity contribution is -0.161. The number of hydrogen-bond acceptors (Lipinski definition) is 8. The third kappa shape index (κ3) is 57.5. The van der Waals surface area contributed by atoms with Crippen LogP contribution in [-0.2, 0) is 32.7 Å². The van der Waals surface area contributed by atoms with Crippen LogP contribution in [0.4, 0.5) is 0 Å². The van der Waals surface area contributed by atoms with E-state index in [2.05, 4.69) is 129 Å². The Bertz CT molecular complexity index is 1600. The molecule has 2 unspecified atom stereocenters. The molecule has 73 heavy (non-hydrogen) atoms. The first kappa shape index (κ1) is 69.4. The van der Waals surface area contributed by atoms with Gasteiger partial charge in [-0.2, -0.15) is 0 Å². The van der Waals surface area contributed by atoms with Gasteiger partial charge in [0.1, 0.15) is 6.61 Å². The van der Waals surface area contributed by atoms with Gasteiger partial charge < -0.3 is 20.1 Å². The maximum atomic E-state index is 12.7. The van der Waals surface area contributed by atoms with Crippen molar-refractivity contribution in [1.82, 2.24) is 0 Å². The van der Waals surface area contributed by atoms with Crippen LogP contribution in [-0.4, -0.2) is 49.3 Å². The van der Waals surface area contributed by atoms with Gasteiger partial charge in [0, 0.05) is 19.4 Å². The molecule has 2 atom stereocenters. The molecule has 3 N–H and O–H groups in total. The van der Waals surface area contributed by atoms with Gasteiger partial charge in [0.2, 0.25) is 0 Å². The maximum absolute atomic E-state index is 12.7. The van der Waals surface area contributed by atoms with E-state index in [0.29, 0.717) is 12.8 Å². The minimum atomic E-state index is -4.40. The molecule has 0 aliphatic carbocycles. The molecule has 0 aromatic heterocycles. The van der Waals surface area contributed by atoms with Crippen LogP contribution in [0.1, 0.15) is 232 Å². The van der Waals surface area contributed by atoms with E-state index in [1.165, 1.54) is 103 Å². The summed E-state index contributed by atoms with van der Waals surface area (Å²) in [6.07, 6.45) is 79.9. The Morgan fingerprint density at radius 1 is 0.411 bits per heavy atom. The number of phosphoric acid groups is 1. The summed E-state index contributed by atoms with van der Waals surface area (Å²) in [5, 5.41) is 0. The molecular weight excluding hydrogens is 930 g/mol. The predicted octanol–water partition coefficient (Wildman–Crippen LogP) is 18.4. The van der Waals surface area contributed by atoms with Crippen LogP contribution in [0, 0.1) is 0 Å². The quantitative estimate of drug-likeness (QED) is 0.0264. The molecule has 0 saturated heterocycles. The van der Waals surface area contributed by atoms with E-state index in [-0.39, 0.29) is 32.6 Å². The molecular formula is C63H106NO8P. The van der Waals surface area contributed by atoms with Crippen molar-refractivity contribution in [1.29, 1.82) is 0 Å². The normalized spacial score (nSPS) is 14.0. The summed E-state index contributed by atoms with van der Waals surface area (Å²) in [6, 6.07) is 0. The van der Waals surface area contributed by atoms with E-state index in [9.17, 15) is 19.0 Å². The highest BCUT2D eigenvalue weighted by atomic mass is 31.2. The largest absolute Gasteiger partial charge is 0.472 e. The molecule has 416 valence electrons. The van der Waals surface area contributed by atoms with Crippen molar-refractivity contribution >= 4 is 19.8 Å². The number of unbranched alkanes of at least 4 members (excludes halogenated alkanes) is 20. The van der Waals surface area contributed by atoms with Crippen LogP contribution in [0.25, 0.3) is 0 Å². The molecule has 0 amide bonds. The van der Waals surface area contributed by atoms with E-state index < -0.39 is 32.5 Å². The lowest BCUT2D eigenvalue weighted by atomic mass is 10.0. The molecule has 0 aromatic carbocycles. The van der Waals surface area contributed by atoms with Crippen LogP contribution < -0.4 is 5.73 Å². The Hall–Kier alpha value is -3.59. The minimum Gasteiger partial charge on any atom is -0.462 e. The minimum absolute atomic E-state index is 0.0413. The van der Waals surface area contributed by atoms with E-state index in [0.717, 1.165) is 89.9 Å². The third-order valence-electron chi connectivity index (χ3n) is 11.8. The SMILES string of the molecule is CC/C=C\C/C=C\C/C=C\C/C=C\C/C=C\CCCCCCCCCCCCCCCCCCCCCC(=O)OC(COC(=O)CCC/C=C\C/C=C\C/C=C\C/C=C\C/C=C\CC)COP(=O)(O)OCCN. The highest BCUT2D eigenvalue weighted by Crippen LogP contribution is 2.43. The fourth-order valence-corrected chi connectivity index (χ4v) is 8.41. The zero-order valence-corrected chi connectivity index (χ0v) is 47.2. The number of carbonyl (C=O) groups excluding carboxylic acids is 2. The number of phosphoric ester groups is 1. The van der Waals surface area contributed by atoms with Gasteiger partial charge in [-0.25, -0.2) is 4.57 Å². The summed E-state index contributed by atoms with van der Waals surface area (Å²) < 4.78 is 32.9. The van der Waals surface area contributed by atoms with Crippen molar-refractivity contribution in [2.75, 3.05) is 26.4 Å². The van der Waals surface area contributed by atoms with Crippen molar-refractivity contribution in [3.8, 4) is 0 Å². The standard InChI is InChI=1S/C63H106NO8P/c1-3-5-7-9-11-13-15-17-19-21-22-23-24-25-26-27-28-29-30-31-32-33-34-35-36-37-38-40-42-44-46-48-50-52-54-56-63(66)72-61(60-71-73(67,68)70-58-57-64)59-69-62(65)55-53-51-49-47-45-43-41-39-20-18-16-14-12-10-8-6-4-2/h5-8,11-14,17-20,22-23,25-26,41,43,47,49,61H,3-4,9-10,15-16,21,24,27-40,42,44-46,48,50-60,64H2,1-2H3,(H,67,68)/b7-5-,8-6-,13-11-,14-12-,19-17-,20-18-,23-22-,26-25-,43-41-,49-47-. The molecule has 0 aromatic rings. The van der Waals surface area contributed by atoms with Crippen LogP contribution in [0.2, 0.25) is 0 Å². The van der Waals surface area contributed by atoms with Crippen molar-refractivity contribution in [2.45, 2.75) is 238 Å². The highest BCUT2D eigenvalue weighted by Gasteiger charge is 2.26. The first-order chi connectivity index (χ1) is 35.8. The van der Waals surface area contributed by atoms with Crippen molar-refractivity contribution < 1.29 is 37.6 Å². The summed E-state index contributed by atoms with van der Waals surface area (Å²) in [6.45, 7) is 3.45. The maximum Gasteiger partial charge on any atom is 0.472 e. The summed E-state index contributed by atoms with van der Waals surface area (Å²) >= 11 is 0. The molecule has 9 nitrogen and oxygen atoms in total. The van der Waals surface area contributed by atoms with Gasteiger partial charge in [0.25, 0.3) is 0 Å². The number of nitrogens with two attached hydrogens (primary N) is 1. The Balaban J connectivity index is 3.94. The van der Waals surface area contributed by atoms with Gasteiger partial charge in [0.15, 0.2) is 6.10 Å².